The summed E-state index contributed by atoms with van der Waals surface area (Å²) in [5.74, 6) is 0. The van der Waals surface area contributed by atoms with Crippen molar-refractivity contribution in [3.05, 3.63) is 33.9 Å². The van der Waals surface area contributed by atoms with E-state index in [1.54, 1.807) is 18.2 Å². The van der Waals surface area contributed by atoms with Crippen molar-refractivity contribution in [2.24, 2.45) is 0 Å². The van der Waals surface area contributed by atoms with Crippen molar-refractivity contribution in [3.8, 4) is 6.07 Å². The van der Waals surface area contributed by atoms with Crippen LogP contribution in [0, 0.1) is 11.3 Å². The molecule has 0 saturated heterocycles. The summed E-state index contributed by atoms with van der Waals surface area (Å²) in [6, 6.07) is 7.05. The lowest BCUT2D eigenvalue weighted by atomic mass is 10.2. The Morgan fingerprint density at radius 1 is 1.21 bits per heavy atom. The second-order valence-corrected chi connectivity index (χ2v) is 3.40. The monoisotopic (exact) mass is 223 g/mol. The quantitative estimate of drug-likeness (QED) is 0.691. The van der Waals surface area contributed by atoms with Crippen molar-refractivity contribution in [1.82, 2.24) is 10.2 Å². The van der Waals surface area contributed by atoms with Gasteiger partial charge in [0.25, 0.3) is 0 Å². The predicted molar refractivity (Wildman–Crippen MR) is 54.3 cm³/mol. The zero-order chi connectivity index (χ0) is 10.1. The van der Waals surface area contributed by atoms with E-state index in [1.165, 1.54) is 0 Å². The van der Waals surface area contributed by atoms with Crippen LogP contribution in [0.15, 0.2) is 18.2 Å². The zero-order valence-corrected chi connectivity index (χ0v) is 8.34. The van der Waals surface area contributed by atoms with Crippen molar-refractivity contribution in [1.29, 1.82) is 5.26 Å². The summed E-state index contributed by atoms with van der Waals surface area (Å²) in [7, 11) is 0. The fourth-order valence-electron chi connectivity index (χ4n) is 1.14. The van der Waals surface area contributed by atoms with Gasteiger partial charge in [0, 0.05) is 5.39 Å². The lowest BCUT2D eigenvalue weighted by molar-refractivity contribution is 1.05. The molecule has 0 spiro atoms. The fraction of sp³-hybridized carbons (Fsp3) is 0. The maximum atomic E-state index is 8.68. The van der Waals surface area contributed by atoms with Crippen molar-refractivity contribution < 1.29 is 0 Å². The zero-order valence-electron chi connectivity index (χ0n) is 6.83. The molecular formula is C9H3Cl2N3. The van der Waals surface area contributed by atoms with Gasteiger partial charge in [0.2, 0.25) is 0 Å². The lowest BCUT2D eigenvalue weighted by Crippen LogP contribution is -1.91. The Balaban J connectivity index is 2.92. The molecule has 14 heavy (non-hydrogen) atoms. The van der Waals surface area contributed by atoms with Crippen LogP contribution in [0.2, 0.25) is 10.0 Å². The third-order valence-electron chi connectivity index (χ3n) is 1.79. The normalized spacial score (nSPS) is 10.1. The lowest BCUT2D eigenvalue weighted by Gasteiger charge is -2.00. The Morgan fingerprint density at radius 3 is 2.71 bits per heavy atom. The van der Waals surface area contributed by atoms with Crippen LogP contribution in [0.25, 0.3) is 10.9 Å². The van der Waals surface area contributed by atoms with Gasteiger partial charge in [-0.1, -0.05) is 35.3 Å². The number of benzene rings is 1. The van der Waals surface area contributed by atoms with Crippen molar-refractivity contribution in [2.45, 2.75) is 0 Å². The number of aromatic nitrogens is 2. The Kier molecular flexibility index (Phi) is 2.24. The third kappa shape index (κ3) is 1.29. The standard InChI is InChI=1S/C9H3Cl2N3/c10-6-3-1-2-5-8(11)7(4-12)13-14-9(5)6/h1-3H. The Morgan fingerprint density at radius 2 is 2.00 bits per heavy atom. The summed E-state index contributed by atoms with van der Waals surface area (Å²) in [6.07, 6.45) is 0. The third-order valence-corrected chi connectivity index (χ3v) is 2.47. The minimum atomic E-state index is 0.112. The topological polar surface area (TPSA) is 49.6 Å². The molecule has 0 aliphatic heterocycles. The molecule has 68 valence electrons. The molecule has 1 aromatic heterocycles. The number of hydrogen-bond donors (Lipinski definition) is 0. The number of rotatable bonds is 0. The van der Waals surface area contributed by atoms with Gasteiger partial charge in [0.05, 0.1) is 10.0 Å². The van der Waals surface area contributed by atoms with Crippen LogP contribution in [0.5, 0.6) is 0 Å². The highest BCUT2D eigenvalue weighted by Crippen LogP contribution is 2.27. The summed E-state index contributed by atoms with van der Waals surface area (Å²) in [5, 5.41) is 17.6. The van der Waals surface area contributed by atoms with E-state index < -0.39 is 0 Å². The number of nitriles is 1. The smallest absolute Gasteiger partial charge is 0.182 e. The van der Waals surface area contributed by atoms with Crippen LogP contribution in [-0.2, 0) is 0 Å². The summed E-state index contributed by atoms with van der Waals surface area (Å²) in [4.78, 5) is 0. The molecule has 0 radical (unpaired) electrons. The van der Waals surface area contributed by atoms with E-state index in [1.807, 2.05) is 6.07 Å². The highest BCUT2D eigenvalue weighted by atomic mass is 35.5. The van der Waals surface area contributed by atoms with Crippen LogP contribution in [0.3, 0.4) is 0 Å². The van der Waals surface area contributed by atoms with Crippen LogP contribution < -0.4 is 0 Å². The average Bonchev–Trinajstić information content (AvgIpc) is 2.20. The second kappa shape index (κ2) is 3.41. The molecule has 2 rings (SSSR count). The van der Waals surface area contributed by atoms with Gasteiger partial charge in [-0.05, 0) is 6.07 Å². The minimum absolute atomic E-state index is 0.112. The Labute approximate surface area is 89.9 Å². The van der Waals surface area contributed by atoms with E-state index in [0.717, 1.165) is 0 Å². The Hall–Kier alpha value is -1.37. The maximum absolute atomic E-state index is 8.68. The van der Waals surface area contributed by atoms with Gasteiger partial charge < -0.3 is 0 Å². The first kappa shape index (κ1) is 9.20. The Bertz CT molecular complexity index is 545. The van der Waals surface area contributed by atoms with E-state index >= 15 is 0 Å². The molecule has 0 N–H and O–H groups in total. The first-order valence-corrected chi connectivity index (χ1v) is 4.50. The van der Waals surface area contributed by atoms with Crippen molar-refractivity contribution in [3.63, 3.8) is 0 Å². The van der Waals surface area contributed by atoms with Gasteiger partial charge in [-0.25, -0.2) is 0 Å². The van der Waals surface area contributed by atoms with Gasteiger partial charge >= 0.3 is 0 Å². The molecule has 1 heterocycles. The molecule has 1 aromatic carbocycles. The molecule has 3 nitrogen and oxygen atoms in total. The number of fused-ring (bicyclic) bond motifs is 1. The minimum Gasteiger partial charge on any atom is -0.191 e. The molecule has 5 heteroatoms. The SMILES string of the molecule is N#Cc1nnc2c(Cl)cccc2c1Cl. The van der Waals surface area contributed by atoms with Gasteiger partial charge in [-0.2, -0.15) is 5.26 Å². The molecule has 0 amide bonds. The first-order chi connectivity index (χ1) is 6.74. The van der Waals surface area contributed by atoms with Crippen LogP contribution in [-0.4, -0.2) is 10.2 Å². The fourth-order valence-corrected chi connectivity index (χ4v) is 1.58. The average molecular weight is 224 g/mol. The van der Waals surface area contributed by atoms with Crippen molar-refractivity contribution in [2.75, 3.05) is 0 Å². The number of nitrogens with zero attached hydrogens (tertiary/aromatic N) is 3. The maximum Gasteiger partial charge on any atom is 0.182 e. The van der Waals surface area contributed by atoms with E-state index in [9.17, 15) is 0 Å². The molecular weight excluding hydrogens is 221 g/mol. The van der Waals surface area contributed by atoms with E-state index in [-0.39, 0.29) is 5.69 Å². The summed E-state index contributed by atoms with van der Waals surface area (Å²) < 4.78 is 0. The molecule has 0 saturated carbocycles. The van der Waals surface area contributed by atoms with Gasteiger partial charge in [0.1, 0.15) is 11.6 Å². The summed E-state index contributed by atoms with van der Waals surface area (Å²) in [5.41, 5.74) is 0.625. The molecule has 2 aromatic rings. The second-order valence-electron chi connectivity index (χ2n) is 2.61. The van der Waals surface area contributed by atoms with Gasteiger partial charge in [-0.15, -0.1) is 10.2 Å². The van der Waals surface area contributed by atoms with E-state index in [0.29, 0.717) is 20.9 Å². The van der Waals surface area contributed by atoms with Crippen LogP contribution >= 0.6 is 23.2 Å². The predicted octanol–water partition coefficient (Wildman–Crippen LogP) is 2.81. The molecule has 0 aliphatic rings. The largest absolute Gasteiger partial charge is 0.191 e. The number of halogens is 2. The summed E-state index contributed by atoms with van der Waals surface area (Å²) in [6.45, 7) is 0. The van der Waals surface area contributed by atoms with Gasteiger partial charge in [0.15, 0.2) is 5.69 Å². The van der Waals surface area contributed by atoms with E-state index in [4.69, 9.17) is 28.5 Å². The van der Waals surface area contributed by atoms with Crippen molar-refractivity contribution >= 4 is 34.1 Å². The number of hydrogen-bond acceptors (Lipinski definition) is 3. The molecule has 0 bridgehead atoms. The molecule has 0 aliphatic carbocycles. The molecule has 0 unspecified atom stereocenters. The molecule has 0 fully saturated rings. The summed E-state index contributed by atoms with van der Waals surface area (Å²) >= 11 is 11.8. The van der Waals surface area contributed by atoms with Crippen LogP contribution in [0.1, 0.15) is 5.69 Å². The molecule has 0 atom stereocenters. The van der Waals surface area contributed by atoms with E-state index in [2.05, 4.69) is 10.2 Å². The highest BCUT2D eigenvalue weighted by Gasteiger charge is 2.09. The van der Waals surface area contributed by atoms with Gasteiger partial charge in [-0.3, -0.25) is 0 Å². The highest BCUT2D eigenvalue weighted by molar-refractivity contribution is 6.39. The van der Waals surface area contributed by atoms with Crippen LogP contribution in [0.4, 0.5) is 0 Å². The first-order valence-electron chi connectivity index (χ1n) is 3.74.